The maximum atomic E-state index is 12.6. The van der Waals surface area contributed by atoms with E-state index in [0.29, 0.717) is 26.2 Å². The molecule has 3 rings (SSSR count). The molecule has 1 N–H and O–H groups in total. The molecule has 0 bridgehead atoms. The number of alkyl halides is 3. The number of anilines is 2. The van der Waals surface area contributed by atoms with E-state index in [4.69, 9.17) is 0 Å². The Morgan fingerprint density at radius 3 is 2.07 bits per heavy atom. The van der Waals surface area contributed by atoms with Crippen LogP contribution in [0, 0.1) is 0 Å². The average Bonchev–Trinajstić information content (AvgIpc) is 2.68. The normalized spacial score (nSPS) is 14.7. The van der Waals surface area contributed by atoms with Gasteiger partial charge in [0.05, 0.1) is 5.56 Å². The Morgan fingerprint density at radius 2 is 1.50 bits per heavy atom. The van der Waals surface area contributed by atoms with Gasteiger partial charge in [-0.05, 0) is 36.4 Å². The molecule has 0 saturated carbocycles. The molecule has 2 aromatic rings. The van der Waals surface area contributed by atoms with Gasteiger partial charge in [0, 0.05) is 37.6 Å². The lowest BCUT2D eigenvalue weighted by atomic mass is 10.2. The number of benzene rings is 2. The molecular formula is C20H20F3N3O2. The van der Waals surface area contributed by atoms with Crippen LogP contribution in [-0.4, -0.2) is 42.9 Å². The van der Waals surface area contributed by atoms with Gasteiger partial charge in [-0.3, -0.25) is 9.59 Å². The average molecular weight is 391 g/mol. The summed E-state index contributed by atoms with van der Waals surface area (Å²) in [7, 11) is 0. The van der Waals surface area contributed by atoms with Gasteiger partial charge in [-0.2, -0.15) is 13.2 Å². The smallest absolute Gasteiger partial charge is 0.368 e. The number of rotatable bonds is 4. The largest absolute Gasteiger partial charge is 0.416 e. The van der Waals surface area contributed by atoms with Crippen molar-refractivity contribution in [1.29, 1.82) is 0 Å². The molecule has 0 spiro atoms. The van der Waals surface area contributed by atoms with Gasteiger partial charge in [0.1, 0.15) is 6.42 Å². The van der Waals surface area contributed by atoms with Gasteiger partial charge in [-0.25, -0.2) is 0 Å². The third-order valence-corrected chi connectivity index (χ3v) is 4.56. The summed E-state index contributed by atoms with van der Waals surface area (Å²) in [6, 6.07) is 14.0. The van der Waals surface area contributed by atoms with Crippen LogP contribution in [0.1, 0.15) is 12.0 Å². The van der Waals surface area contributed by atoms with Gasteiger partial charge in [-0.1, -0.05) is 18.2 Å². The van der Waals surface area contributed by atoms with E-state index in [0.717, 1.165) is 17.8 Å². The van der Waals surface area contributed by atoms with Crippen molar-refractivity contribution in [3.63, 3.8) is 0 Å². The number of carbonyl (C=O) groups excluding carboxylic acids is 2. The number of nitrogens with zero attached hydrogens (tertiary/aromatic N) is 2. The lowest BCUT2D eigenvalue weighted by molar-refractivity contribution is -0.137. The molecule has 0 aliphatic carbocycles. The van der Waals surface area contributed by atoms with Crippen LogP contribution in [0.15, 0.2) is 54.6 Å². The van der Waals surface area contributed by atoms with E-state index in [1.54, 1.807) is 4.90 Å². The molecule has 0 atom stereocenters. The van der Waals surface area contributed by atoms with Crippen molar-refractivity contribution in [2.24, 2.45) is 0 Å². The van der Waals surface area contributed by atoms with Gasteiger partial charge in [0.25, 0.3) is 0 Å². The second-order valence-corrected chi connectivity index (χ2v) is 6.50. The van der Waals surface area contributed by atoms with Gasteiger partial charge in [0.2, 0.25) is 11.8 Å². The highest BCUT2D eigenvalue weighted by Gasteiger charge is 2.30. The highest BCUT2D eigenvalue weighted by molar-refractivity contribution is 6.03. The Labute approximate surface area is 160 Å². The molecule has 0 unspecified atom stereocenters. The summed E-state index contributed by atoms with van der Waals surface area (Å²) in [4.78, 5) is 28.2. The summed E-state index contributed by atoms with van der Waals surface area (Å²) >= 11 is 0. The first-order chi connectivity index (χ1) is 13.3. The summed E-state index contributed by atoms with van der Waals surface area (Å²) in [5.41, 5.74) is 0.521. The second kappa shape index (κ2) is 8.33. The number of hydrogen-bond acceptors (Lipinski definition) is 3. The molecule has 2 aromatic carbocycles. The summed E-state index contributed by atoms with van der Waals surface area (Å²) < 4.78 is 37.7. The monoisotopic (exact) mass is 391 g/mol. The quantitative estimate of drug-likeness (QED) is 0.813. The molecule has 28 heavy (non-hydrogen) atoms. The van der Waals surface area contributed by atoms with Crippen LogP contribution >= 0.6 is 0 Å². The highest BCUT2D eigenvalue weighted by atomic mass is 19.4. The Kier molecular flexibility index (Phi) is 5.87. The fourth-order valence-corrected chi connectivity index (χ4v) is 3.05. The van der Waals surface area contributed by atoms with Crippen molar-refractivity contribution < 1.29 is 22.8 Å². The number of carbonyl (C=O) groups is 2. The van der Waals surface area contributed by atoms with Crippen molar-refractivity contribution in [2.45, 2.75) is 12.6 Å². The Morgan fingerprint density at radius 1 is 0.893 bits per heavy atom. The third kappa shape index (κ3) is 5.03. The number of piperazine rings is 1. The molecule has 148 valence electrons. The van der Waals surface area contributed by atoms with Crippen molar-refractivity contribution in [2.75, 3.05) is 36.4 Å². The van der Waals surface area contributed by atoms with Crippen LogP contribution in [0.3, 0.4) is 0 Å². The number of hydrogen-bond donors (Lipinski definition) is 1. The van der Waals surface area contributed by atoms with Gasteiger partial charge in [0.15, 0.2) is 0 Å². The van der Waals surface area contributed by atoms with E-state index in [1.165, 1.54) is 12.1 Å². The number of amides is 2. The maximum Gasteiger partial charge on any atom is 0.416 e. The molecule has 0 aromatic heterocycles. The minimum Gasteiger partial charge on any atom is -0.368 e. The predicted molar refractivity (Wildman–Crippen MR) is 99.9 cm³/mol. The molecule has 0 radical (unpaired) electrons. The first-order valence-electron chi connectivity index (χ1n) is 8.88. The van der Waals surface area contributed by atoms with Crippen LogP contribution in [0.2, 0.25) is 0 Å². The van der Waals surface area contributed by atoms with E-state index < -0.39 is 17.6 Å². The van der Waals surface area contributed by atoms with E-state index >= 15 is 0 Å². The molecule has 8 heteroatoms. The van der Waals surface area contributed by atoms with Gasteiger partial charge >= 0.3 is 6.18 Å². The van der Waals surface area contributed by atoms with E-state index in [9.17, 15) is 22.8 Å². The predicted octanol–water partition coefficient (Wildman–Crippen LogP) is 3.38. The van der Waals surface area contributed by atoms with E-state index in [-0.39, 0.29) is 18.0 Å². The van der Waals surface area contributed by atoms with Crippen molar-refractivity contribution in [3.8, 4) is 0 Å². The third-order valence-electron chi connectivity index (χ3n) is 4.56. The molecule has 1 heterocycles. The summed E-state index contributed by atoms with van der Waals surface area (Å²) in [5, 5.41) is 2.46. The van der Waals surface area contributed by atoms with Crippen LogP contribution in [0.25, 0.3) is 0 Å². The topological polar surface area (TPSA) is 52.7 Å². The van der Waals surface area contributed by atoms with Crippen molar-refractivity contribution in [1.82, 2.24) is 4.90 Å². The van der Waals surface area contributed by atoms with Crippen molar-refractivity contribution >= 4 is 23.2 Å². The lowest BCUT2D eigenvalue weighted by Gasteiger charge is -2.36. The number of para-hydroxylation sites is 1. The van der Waals surface area contributed by atoms with Crippen LogP contribution in [0.4, 0.5) is 24.5 Å². The molecule has 1 saturated heterocycles. The lowest BCUT2D eigenvalue weighted by Crippen LogP contribution is -2.49. The first kappa shape index (κ1) is 19.7. The first-order valence-corrected chi connectivity index (χ1v) is 8.88. The fourth-order valence-electron chi connectivity index (χ4n) is 3.05. The Balaban J connectivity index is 1.48. The fraction of sp³-hybridized carbons (Fsp3) is 0.300. The van der Waals surface area contributed by atoms with Crippen molar-refractivity contribution in [3.05, 3.63) is 60.2 Å². The molecule has 2 amide bonds. The molecular weight excluding hydrogens is 371 g/mol. The standard InChI is InChI=1S/C20H20F3N3O2/c21-20(22,23)15-6-8-16(9-7-15)24-18(27)14-19(28)26-12-10-25(11-13-26)17-4-2-1-3-5-17/h1-9H,10-14H2,(H,24,27). The summed E-state index contributed by atoms with van der Waals surface area (Å²) in [6.45, 7) is 2.38. The van der Waals surface area contributed by atoms with Crippen LogP contribution in [0.5, 0.6) is 0 Å². The Bertz CT molecular complexity index is 815. The minimum atomic E-state index is -4.43. The van der Waals surface area contributed by atoms with E-state index in [1.807, 2.05) is 30.3 Å². The van der Waals surface area contributed by atoms with Crippen LogP contribution < -0.4 is 10.2 Å². The minimum absolute atomic E-state index is 0.222. The Hall–Kier alpha value is -3.03. The second-order valence-electron chi connectivity index (χ2n) is 6.50. The zero-order chi connectivity index (χ0) is 20.1. The summed E-state index contributed by atoms with van der Waals surface area (Å²) in [6.07, 6.45) is -4.77. The molecule has 1 fully saturated rings. The highest BCUT2D eigenvalue weighted by Crippen LogP contribution is 2.29. The molecule has 1 aliphatic heterocycles. The van der Waals surface area contributed by atoms with E-state index in [2.05, 4.69) is 10.2 Å². The number of halogens is 3. The number of nitrogens with one attached hydrogen (secondary N) is 1. The van der Waals surface area contributed by atoms with Crippen LogP contribution in [-0.2, 0) is 15.8 Å². The zero-order valence-electron chi connectivity index (χ0n) is 15.1. The SMILES string of the molecule is O=C(CC(=O)N1CCN(c2ccccc2)CC1)Nc1ccc(C(F)(F)F)cc1. The maximum absolute atomic E-state index is 12.6. The molecule has 5 nitrogen and oxygen atoms in total. The van der Waals surface area contributed by atoms with Gasteiger partial charge < -0.3 is 15.1 Å². The van der Waals surface area contributed by atoms with Gasteiger partial charge in [-0.15, -0.1) is 0 Å². The molecule has 1 aliphatic rings. The summed E-state index contributed by atoms with van der Waals surface area (Å²) in [5.74, 6) is -0.840. The zero-order valence-corrected chi connectivity index (χ0v) is 15.1.